The number of thiazole rings is 1. The minimum atomic E-state index is 0.769. The van der Waals surface area contributed by atoms with Crippen LogP contribution in [0.25, 0.3) is 0 Å². The predicted molar refractivity (Wildman–Crippen MR) is 62.1 cm³/mol. The van der Waals surface area contributed by atoms with Crippen molar-refractivity contribution >= 4 is 17.0 Å². The maximum atomic E-state index is 4.39. The van der Waals surface area contributed by atoms with Crippen molar-refractivity contribution in [2.45, 2.75) is 20.4 Å². The van der Waals surface area contributed by atoms with Crippen LogP contribution >= 0.6 is 11.3 Å². The lowest BCUT2D eigenvalue weighted by Crippen LogP contribution is -1.99. The van der Waals surface area contributed by atoms with E-state index >= 15 is 0 Å². The highest BCUT2D eigenvalue weighted by molar-refractivity contribution is 7.09. The Hall–Kier alpha value is -1.36. The second-order valence-electron chi connectivity index (χ2n) is 3.54. The fourth-order valence-electron chi connectivity index (χ4n) is 1.43. The van der Waals surface area contributed by atoms with E-state index in [2.05, 4.69) is 20.8 Å². The number of aromatic nitrogens is 3. The molecule has 15 heavy (non-hydrogen) atoms. The monoisotopic (exact) mass is 222 g/mol. The molecule has 1 N–H and O–H groups in total. The molecule has 2 heterocycles. The third-order valence-electron chi connectivity index (χ3n) is 2.11. The van der Waals surface area contributed by atoms with Gasteiger partial charge in [-0.3, -0.25) is 4.68 Å². The van der Waals surface area contributed by atoms with Gasteiger partial charge in [0.25, 0.3) is 0 Å². The maximum absolute atomic E-state index is 4.39. The van der Waals surface area contributed by atoms with E-state index in [0.717, 1.165) is 28.6 Å². The number of anilines is 1. The van der Waals surface area contributed by atoms with Crippen molar-refractivity contribution in [3.63, 3.8) is 0 Å². The Morgan fingerprint density at radius 2 is 2.27 bits per heavy atom. The van der Waals surface area contributed by atoms with Gasteiger partial charge in [-0.15, -0.1) is 11.3 Å². The van der Waals surface area contributed by atoms with Crippen LogP contribution in [0, 0.1) is 13.8 Å². The molecule has 2 aromatic heterocycles. The lowest BCUT2D eigenvalue weighted by Gasteiger charge is -2.00. The molecule has 5 heteroatoms. The summed E-state index contributed by atoms with van der Waals surface area (Å²) >= 11 is 1.68. The standard InChI is InChI=1S/C10H14N4S/c1-7-6-15-10(12-7)4-11-9-5-14(3)13-8(9)2/h5-6,11H,4H2,1-3H3. The maximum Gasteiger partial charge on any atom is 0.112 e. The summed E-state index contributed by atoms with van der Waals surface area (Å²) < 4.78 is 1.81. The van der Waals surface area contributed by atoms with Crippen molar-refractivity contribution in [2.24, 2.45) is 7.05 Å². The van der Waals surface area contributed by atoms with Crippen LogP contribution in [0.5, 0.6) is 0 Å². The van der Waals surface area contributed by atoms with E-state index in [1.54, 1.807) is 11.3 Å². The lowest BCUT2D eigenvalue weighted by atomic mass is 10.4. The topological polar surface area (TPSA) is 42.7 Å². The Morgan fingerprint density at radius 1 is 1.47 bits per heavy atom. The Labute approximate surface area is 93.0 Å². The molecule has 2 aromatic rings. The third kappa shape index (κ3) is 2.36. The van der Waals surface area contributed by atoms with Crippen LogP contribution in [0.2, 0.25) is 0 Å². The van der Waals surface area contributed by atoms with Crippen molar-refractivity contribution in [1.29, 1.82) is 0 Å². The molecule has 2 rings (SSSR count). The van der Waals surface area contributed by atoms with E-state index < -0.39 is 0 Å². The van der Waals surface area contributed by atoms with Crippen LogP contribution < -0.4 is 5.32 Å². The molecule has 0 amide bonds. The summed E-state index contributed by atoms with van der Waals surface area (Å²) in [6.07, 6.45) is 1.98. The minimum absolute atomic E-state index is 0.769. The molecule has 0 atom stereocenters. The number of rotatable bonds is 3. The van der Waals surface area contributed by atoms with Crippen molar-refractivity contribution in [3.8, 4) is 0 Å². The first-order chi connectivity index (χ1) is 7.15. The molecule has 0 saturated carbocycles. The highest BCUT2D eigenvalue weighted by Crippen LogP contribution is 2.15. The van der Waals surface area contributed by atoms with Crippen molar-refractivity contribution < 1.29 is 0 Å². The molecule has 0 radical (unpaired) electrons. The van der Waals surface area contributed by atoms with Gasteiger partial charge in [0.15, 0.2) is 0 Å². The molecule has 0 aliphatic heterocycles. The molecule has 0 aromatic carbocycles. The van der Waals surface area contributed by atoms with E-state index in [4.69, 9.17) is 0 Å². The van der Waals surface area contributed by atoms with Gasteiger partial charge in [-0.05, 0) is 13.8 Å². The first-order valence-corrected chi connectivity index (χ1v) is 5.68. The molecule has 0 saturated heterocycles. The number of nitrogens with zero attached hydrogens (tertiary/aromatic N) is 3. The Bertz CT molecular complexity index is 458. The summed E-state index contributed by atoms with van der Waals surface area (Å²) in [7, 11) is 1.92. The first-order valence-electron chi connectivity index (χ1n) is 4.80. The summed E-state index contributed by atoms with van der Waals surface area (Å²) in [6, 6.07) is 0. The van der Waals surface area contributed by atoms with Crippen LogP contribution in [-0.4, -0.2) is 14.8 Å². The van der Waals surface area contributed by atoms with Gasteiger partial charge in [0.2, 0.25) is 0 Å². The summed E-state index contributed by atoms with van der Waals surface area (Å²) in [5.74, 6) is 0. The van der Waals surface area contributed by atoms with Gasteiger partial charge >= 0.3 is 0 Å². The van der Waals surface area contributed by atoms with E-state index in [-0.39, 0.29) is 0 Å². The predicted octanol–water partition coefficient (Wildman–Crippen LogP) is 2.11. The normalized spacial score (nSPS) is 10.6. The second kappa shape index (κ2) is 4.02. The van der Waals surface area contributed by atoms with Gasteiger partial charge < -0.3 is 5.32 Å². The van der Waals surface area contributed by atoms with Crippen molar-refractivity contribution in [1.82, 2.24) is 14.8 Å². The van der Waals surface area contributed by atoms with Gasteiger partial charge in [0.05, 0.1) is 17.9 Å². The second-order valence-corrected chi connectivity index (χ2v) is 4.48. The highest BCUT2D eigenvalue weighted by Gasteiger charge is 2.03. The SMILES string of the molecule is Cc1csc(CNc2cn(C)nc2C)n1. The summed E-state index contributed by atoms with van der Waals surface area (Å²) in [5.41, 5.74) is 3.18. The Kier molecular flexibility index (Phi) is 2.73. The number of hydrogen-bond donors (Lipinski definition) is 1. The zero-order valence-electron chi connectivity index (χ0n) is 9.11. The molecule has 0 fully saturated rings. The highest BCUT2D eigenvalue weighted by atomic mass is 32.1. The van der Waals surface area contributed by atoms with Crippen LogP contribution in [0.15, 0.2) is 11.6 Å². The largest absolute Gasteiger partial charge is 0.376 e. The smallest absolute Gasteiger partial charge is 0.112 e. The fourth-order valence-corrected chi connectivity index (χ4v) is 2.14. The third-order valence-corrected chi connectivity index (χ3v) is 3.08. The van der Waals surface area contributed by atoms with E-state index in [1.807, 2.05) is 31.8 Å². The summed E-state index contributed by atoms with van der Waals surface area (Å²) in [4.78, 5) is 4.39. The van der Waals surface area contributed by atoms with E-state index in [9.17, 15) is 0 Å². The van der Waals surface area contributed by atoms with Crippen LogP contribution in [0.3, 0.4) is 0 Å². The fraction of sp³-hybridized carbons (Fsp3) is 0.400. The number of nitrogens with one attached hydrogen (secondary N) is 1. The van der Waals surface area contributed by atoms with Gasteiger partial charge in [-0.1, -0.05) is 0 Å². The van der Waals surface area contributed by atoms with Gasteiger partial charge in [0.1, 0.15) is 5.01 Å². The van der Waals surface area contributed by atoms with Crippen LogP contribution in [0.4, 0.5) is 5.69 Å². The summed E-state index contributed by atoms with van der Waals surface area (Å²) in [5, 5.41) is 10.8. The quantitative estimate of drug-likeness (QED) is 0.865. The zero-order valence-corrected chi connectivity index (χ0v) is 9.93. The van der Waals surface area contributed by atoms with E-state index in [0.29, 0.717) is 0 Å². The lowest BCUT2D eigenvalue weighted by molar-refractivity contribution is 0.756. The zero-order chi connectivity index (χ0) is 10.8. The molecule has 0 aliphatic carbocycles. The molecule has 80 valence electrons. The van der Waals surface area contributed by atoms with Gasteiger partial charge in [-0.2, -0.15) is 5.10 Å². The molecule has 0 unspecified atom stereocenters. The van der Waals surface area contributed by atoms with Crippen LogP contribution in [-0.2, 0) is 13.6 Å². The molecule has 4 nitrogen and oxygen atoms in total. The average molecular weight is 222 g/mol. The first kappa shape index (κ1) is 10.2. The van der Waals surface area contributed by atoms with Gasteiger partial charge in [0, 0.05) is 24.3 Å². The molecule has 0 bridgehead atoms. The van der Waals surface area contributed by atoms with Crippen LogP contribution in [0.1, 0.15) is 16.4 Å². The number of hydrogen-bond acceptors (Lipinski definition) is 4. The minimum Gasteiger partial charge on any atom is -0.376 e. The molecular weight excluding hydrogens is 208 g/mol. The number of aryl methyl sites for hydroxylation is 3. The molecule has 0 spiro atoms. The van der Waals surface area contributed by atoms with Gasteiger partial charge in [-0.25, -0.2) is 4.98 Å². The van der Waals surface area contributed by atoms with Crippen molar-refractivity contribution in [3.05, 3.63) is 28.0 Å². The Balaban J connectivity index is 2.01. The average Bonchev–Trinajstić information content (AvgIpc) is 2.70. The molecule has 0 aliphatic rings. The summed E-state index contributed by atoms with van der Waals surface area (Å²) in [6.45, 7) is 4.77. The van der Waals surface area contributed by atoms with E-state index in [1.165, 1.54) is 0 Å². The van der Waals surface area contributed by atoms with Crippen molar-refractivity contribution in [2.75, 3.05) is 5.32 Å². The Morgan fingerprint density at radius 3 is 2.80 bits per heavy atom. The molecular formula is C10H14N4S.